The Kier molecular flexibility index (Phi) is 2.90. The molecule has 25 heavy (non-hydrogen) atoms. The highest BCUT2D eigenvalue weighted by Gasteiger charge is 2.14. The normalized spacial score (nSPS) is 11.4. The molecule has 0 spiro atoms. The van der Waals surface area contributed by atoms with Crippen molar-refractivity contribution in [1.29, 1.82) is 0 Å². The van der Waals surface area contributed by atoms with E-state index in [2.05, 4.69) is 39.3 Å². The van der Waals surface area contributed by atoms with Crippen LogP contribution < -0.4 is 5.32 Å². The number of benzene rings is 1. The van der Waals surface area contributed by atoms with E-state index in [-0.39, 0.29) is 0 Å². The summed E-state index contributed by atoms with van der Waals surface area (Å²) in [4.78, 5) is 17.9. The van der Waals surface area contributed by atoms with Gasteiger partial charge in [0.2, 0.25) is 0 Å². The van der Waals surface area contributed by atoms with Crippen LogP contribution in [0, 0.1) is 6.92 Å². The van der Waals surface area contributed by atoms with Crippen molar-refractivity contribution in [3.63, 3.8) is 0 Å². The van der Waals surface area contributed by atoms with Crippen LogP contribution in [0.5, 0.6) is 0 Å². The molecule has 4 heterocycles. The zero-order chi connectivity index (χ0) is 16.8. The predicted molar refractivity (Wildman–Crippen MR) is 98.1 cm³/mol. The van der Waals surface area contributed by atoms with Crippen molar-refractivity contribution in [2.24, 2.45) is 0 Å². The molecule has 0 aliphatic rings. The lowest BCUT2D eigenvalue weighted by Gasteiger charge is -2.10. The van der Waals surface area contributed by atoms with Gasteiger partial charge < -0.3 is 5.32 Å². The SMILES string of the molecule is Cc1cccc(Nc2nc3c(nc4cnccn43)c3ccncc23)c1. The fourth-order valence-corrected chi connectivity index (χ4v) is 3.09. The first-order valence-electron chi connectivity index (χ1n) is 7.99. The van der Waals surface area contributed by atoms with Crippen LogP contribution in [-0.2, 0) is 0 Å². The Morgan fingerprint density at radius 2 is 1.88 bits per heavy atom. The summed E-state index contributed by atoms with van der Waals surface area (Å²) in [5, 5.41) is 5.38. The molecule has 0 radical (unpaired) electrons. The van der Waals surface area contributed by atoms with Crippen LogP contribution >= 0.6 is 0 Å². The molecule has 6 nitrogen and oxygen atoms in total. The maximum Gasteiger partial charge on any atom is 0.167 e. The third-order valence-corrected chi connectivity index (χ3v) is 4.23. The molecular weight excluding hydrogens is 312 g/mol. The Hall–Kier alpha value is -3.54. The van der Waals surface area contributed by atoms with Crippen molar-refractivity contribution in [2.75, 3.05) is 5.32 Å². The smallest absolute Gasteiger partial charge is 0.167 e. The minimum absolute atomic E-state index is 0.764. The third-order valence-electron chi connectivity index (χ3n) is 4.23. The van der Waals surface area contributed by atoms with E-state index < -0.39 is 0 Å². The lowest BCUT2D eigenvalue weighted by molar-refractivity contribution is 1.13. The van der Waals surface area contributed by atoms with Gasteiger partial charge in [0.25, 0.3) is 0 Å². The largest absolute Gasteiger partial charge is 0.340 e. The Morgan fingerprint density at radius 1 is 0.960 bits per heavy atom. The number of pyridine rings is 2. The molecule has 1 N–H and O–H groups in total. The molecule has 1 aromatic carbocycles. The maximum absolute atomic E-state index is 4.84. The van der Waals surface area contributed by atoms with Crippen LogP contribution in [0.15, 0.2) is 61.3 Å². The molecular formula is C19H14N6. The summed E-state index contributed by atoms with van der Waals surface area (Å²) < 4.78 is 1.95. The van der Waals surface area contributed by atoms with E-state index in [1.165, 1.54) is 5.56 Å². The van der Waals surface area contributed by atoms with Crippen LogP contribution in [0.1, 0.15) is 5.56 Å². The summed E-state index contributed by atoms with van der Waals surface area (Å²) in [5.74, 6) is 0.764. The van der Waals surface area contributed by atoms with Crippen LogP contribution in [0.25, 0.3) is 27.6 Å². The van der Waals surface area contributed by atoms with Crippen LogP contribution in [0.3, 0.4) is 0 Å². The van der Waals surface area contributed by atoms with Crippen LogP contribution in [0.2, 0.25) is 0 Å². The van der Waals surface area contributed by atoms with Gasteiger partial charge >= 0.3 is 0 Å². The molecule has 0 aliphatic heterocycles. The molecule has 120 valence electrons. The molecule has 0 saturated carbocycles. The summed E-state index contributed by atoms with van der Waals surface area (Å²) in [5.41, 5.74) is 4.60. The van der Waals surface area contributed by atoms with E-state index in [4.69, 9.17) is 4.98 Å². The molecule has 6 heteroatoms. The van der Waals surface area contributed by atoms with E-state index in [0.29, 0.717) is 0 Å². The van der Waals surface area contributed by atoms with Gasteiger partial charge in [0.15, 0.2) is 11.3 Å². The molecule has 0 unspecified atom stereocenters. The molecule has 0 saturated heterocycles. The van der Waals surface area contributed by atoms with Gasteiger partial charge in [-0.25, -0.2) is 9.97 Å². The number of nitrogens with zero attached hydrogens (tertiary/aromatic N) is 5. The Morgan fingerprint density at radius 3 is 2.80 bits per heavy atom. The number of hydrogen-bond donors (Lipinski definition) is 1. The van der Waals surface area contributed by atoms with Gasteiger partial charge in [0.05, 0.1) is 6.20 Å². The Labute approximate surface area is 143 Å². The van der Waals surface area contributed by atoms with Gasteiger partial charge in [-0.2, -0.15) is 0 Å². The van der Waals surface area contributed by atoms with Crippen molar-refractivity contribution in [1.82, 2.24) is 24.3 Å². The number of nitrogens with one attached hydrogen (secondary N) is 1. The Balaban J connectivity index is 1.83. The minimum atomic E-state index is 0.764. The third kappa shape index (κ3) is 2.19. The Bertz CT molecular complexity index is 1240. The minimum Gasteiger partial charge on any atom is -0.340 e. The quantitative estimate of drug-likeness (QED) is 0.533. The highest BCUT2D eigenvalue weighted by Crippen LogP contribution is 2.30. The second kappa shape index (κ2) is 5.24. The molecule has 0 amide bonds. The number of aryl methyl sites for hydroxylation is 1. The number of rotatable bonds is 2. The van der Waals surface area contributed by atoms with E-state index in [9.17, 15) is 0 Å². The van der Waals surface area contributed by atoms with Crippen molar-refractivity contribution in [3.05, 3.63) is 66.9 Å². The first kappa shape index (κ1) is 13.9. The van der Waals surface area contributed by atoms with Crippen molar-refractivity contribution in [3.8, 4) is 0 Å². The fourth-order valence-electron chi connectivity index (χ4n) is 3.09. The number of aromatic nitrogens is 5. The van der Waals surface area contributed by atoms with Crippen LogP contribution in [0.4, 0.5) is 11.5 Å². The second-order valence-corrected chi connectivity index (χ2v) is 5.96. The van der Waals surface area contributed by atoms with Gasteiger partial charge in [-0.05, 0) is 30.7 Å². The molecule has 0 fully saturated rings. The summed E-state index contributed by atoms with van der Waals surface area (Å²) in [6, 6.07) is 10.2. The zero-order valence-electron chi connectivity index (χ0n) is 13.5. The second-order valence-electron chi connectivity index (χ2n) is 5.96. The number of fused-ring (bicyclic) bond motifs is 5. The number of imidazole rings is 1. The first-order valence-corrected chi connectivity index (χ1v) is 7.99. The maximum atomic E-state index is 4.84. The molecule has 5 rings (SSSR count). The van der Waals surface area contributed by atoms with Crippen LogP contribution in [-0.4, -0.2) is 24.3 Å². The van der Waals surface area contributed by atoms with Crippen molar-refractivity contribution < 1.29 is 0 Å². The summed E-state index contributed by atoms with van der Waals surface area (Å²) >= 11 is 0. The summed E-state index contributed by atoms with van der Waals surface area (Å²) in [7, 11) is 0. The molecule has 4 aromatic heterocycles. The van der Waals surface area contributed by atoms with Gasteiger partial charge in [0.1, 0.15) is 11.3 Å². The van der Waals surface area contributed by atoms with E-state index in [1.54, 1.807) is 18.6 Å². The molecule has 5 aromatic rings. The van der Waals surface area contributed by atoms with Crippen molar-refractivity contribution in [2.45, 2.75) is 6.92 Å². The highest BCUT2D eigenvalue weighted by atomic mass is 15.1. The number of hydrogen-bond acceptors (Lipinski definition) is 5. The topological polar surface area (TPSA) is 68.0 Å². The molecule has 0 aliphatic carbocycles. The summed E-state index contributed by atoms with van der Waals surface area (Å²) in [6.45, 7) is 2.07. The van der Waals surface area contributed by atoms with Gasteiger partial charge in [-0.15, -0.1) is 0 Å². The standard InChI is InChI=1S/C19H14N6/c1-12-3-2-4-13(9-12)22-18-15-10-20-6-5-14(15)17-19(24-18)25-8-7-21-11-16(25)23-17/h2-11H,1H3,(H,22,24). The van der Waals surface area contributed by atoms with Crippen molar-refractivity contribution >= 4 is 39.1 Å². The van der Waals surface area contributed by atoms with E-state index in [0.717, 1.165) is 39.1 Å². The van der Waals surface area contributed by atoms with Gasteiger partial charge in [-0.1, -0.05) is 12.1 Å². The average Bonchev–Trinajstić information content (AvgIpc) is 3.01. The van der Waals surface area contributed by atoms with E-state index >= 15 is 0 Å². The zero-order valence-corrected chi connectivity index (χ0v) is 13.5. The number of anilines is 2. The first-order chi connectivity index (χ1) is 12.3. The lowest BCUT2D eigenvalue weighted by Crippen LogP contribution is -1.97. The molecule has 0 bridgehead atoms. The van der Waals surface area contributed by atoms with Gasteiger partial charge in [0, 0.05) is 41.2 Å². The van der Waals surface area contributed by atoms with E-state index in [1.807, 2.05) is 35.0 Å². The fraction of sp³-hybridized carbons (Fsp3) is 0.0526. The predicted octanol–water partition coefficient (Wildman–Crippen LogP) is 3.88. The highest BCUT2D eigenvalue weighted by molar-refractivity contribution is 6.08. The monoisotopic (exact) mass is 326 g/mol. The lowest BCUT2D eigenvalue weighted by atomic mass is 10.2. The molecule has 0 atom stereocenters. The van der Waals surface area contributed by atoms with Gasteiger partial charge in [-0.3, -0.25) is 14.4 Å². The summed E-state index contributed by atoms with van der Waals surface area (Å²) in [6.07, 6.45) is 8.95. The average molecular weight is 326 g/mol.